The molecule has 1 aliphatic rings. The van der Waals surface area contributed by atoms with Crippen LogP contribution in [0, 0.1) is 0 Å². The molecule has 1 heterocycles. The molecule has 0 atom stereocenters. The Morgan fingerprint density at radius 3 is 2.25 bits per heavy atom. The minimum absolute atomic E-state index is 0.136. The molecule has 1 fully saturated rings. The summed E-state index contributed by atoms with van der Waals surface area (Å²) in [4.78, 5) is 3.89. The highest BCUT2D eigenvalue weighted by Crippen LogP contribution is 2.24. The lowest BCUT2D eigenvalue weighted by Gasteiger charge is -2.27. The highest BCUT2D eigenvalue weighted by atomic mass is 35.5. The Hall–Kier alpha value is -0.510. The Labute approximate surface area is 105 Å². The molecule has 0 aromatic carbocycles. The van der Waals surface area contributed by atoms with Crippen LogP contribution in [0.3, 0.4) is 0 Å². The first-order valence-corrected chi connectivity index (χ1v) is 6.17. The summed E-state index contributed by atoms with van der Waals surface area (Å²) in [5.74, 6) is 0. The number of hydrogen-bond acceptors (Lipinski definition) is 3. The molecule has 1 aliphatic carbocycles. The molecule has 0 amide bonds. The van der Waals surface area contributed by atoms with Crippen molar-refractivity contribution in [1.29, 1.82) is 0 Å². The number of nitrogens with zero attached hydrogens (tertiary/aromatic N) is 1. The second kappa shape index (κ2) is 5.21. The molecular formula is C11H14Cl2N2O. The van der Waals surface area contributed by atoms with Gasteiger partial charge in [-0.2, -0.15) is 0 Å². The molecule has 0 aliphatic heterocycles. The molecule has 0 spiro atoms. The number of anilines is 1. The molecule has 1 saturated carbocycles. The molecule has 2 N–H and O–H groups in total. The molecule has 2 rings (SSSR count). The van der Waals surface area contributed by atoms with Crippen LogP contribution < -0.4 is 5.32 Å². The molecule has 5 heteroatoms. The van der Waals surface area contributed by atoms with Crippen molar-refractivity contribution in [2.45, 2.75) is 37.8 Å². The van der Waals surface area contributed by atoms with Gasteiger partial charge in [-0.3, -0.25) is 0 Å². The van der Waals surface area contributed by atoms with Crippen molar-refractivity contribution in [3.8, 4) is 0 Å². The van der Waals surface area contributed by atoms with Crippen molar-refractivity contribution in [3.05, 3.63) is 22.4 Å². The first-order chi connectivity index (χ1) is 7.63. The van der Waals surface area contributed by atoms with E-state index in [0.717, 1.165) is 31.4 Å². The summed E-state index contributed by atoms with van der Waals surface area (Å²) < 4.78 is 0. The van der Waals surface area contributed by atoms with E-state index in [2.05, 4.69) is 10.3 Å². The minimum atomic E-state index is -0.136. The monoisotopic (exact) mass is 260 g/mol. The fourth-order valence-electron chi connectivity index (χ4n) is 2.00. The number of rotatable bonds is 2. The van der Waals surface area contributed by atoms with Gasteiger partial charge in [-0.05, 0) is 37.8 Å². The standard InChI is InChI=1S/C11H14Cl2N2O/c12-10-5-8(6-11(13)15-10)14-7-1-3-9(16)4-2-7/h5-7,9,16H,1-4H2,(H,14,15). The number of aromatic nitrogens is 1. The first kappa shape index (κ1) is 12.0. The summed E-state index contributed by atoms with van der Waals surface area (Å²) in [7, 11) is 0. The molecule has 16 heavy (non-hydrogen) atoms. The van der Waals surface area contributed by atoms with Crippen LogP contribution in [0.5, 0.6) is 0 Å². The van der Waals surface area contributed by atoms with E-state index in [1.165, 1.54) is 0 Å². The SMILES string of the molecule is OC1CCC(Nc2cc(Cl)nc(Cl)c2)CC1. The van der Waals surface area contributed by atoms with E-state index in [1.807, 2.05) is 0 Å². The van der Waals surface area contributed by atoms with Crippen molar-refractivity contribution in [2.75, 3.05) is 5.32 Å². The lowest BCUT2D eigenvalue weighted by atomic mass is 9.93. The van der Waals surface area contributed by atoms with Gasteiger partial charge in [0.2, 0.25) is 0 Å². The van der Waals surface area contributed by atoms with Gasteiger partial charge in [0, 0.05) is 11.7 Å². The van der Waals surface area contributed by atoms with Gasteiger partial charge >= 0.3 is 0 Å². The number of hydrogen-bond donors (Lipinski definition) is 2. The van der Waals surface area contributed by atoms with Gasteiger partial charge in [0.25, 0.3) is 0 Å². The molecule has 0 bridgehead atoms. The van der Waals surface area contributed by atoms with Gasteiger partial charge in [-0.25, -0.2) is 4.98 Å². The first-order valence-electron chi connectivity index (χ1n) is 5.41. The maximum Gasteiger partial charge on any atom is 0.132 e. The van der Waals surface area contributed by atoms with Crippen molar-refractivity contribution in [3.63, 3.8) is 0 Å². The molecule has 1 aromatic rings. The highest BCUT2D eigenvalue weighted by Gasteiger charge is 2.19. The van der Waals surface area contributed by atoms with E-state index < -0.39 is 0 Å². The topological polar surface area (TPSA) is 45.1 Å². The summed E-state index contributed by atoms with van der Waals surface area (Å²) in [6.45, 7) is 0. The van der Waals surface area contributed by atoms with Crippen LogP contribution in [0.15, 0.2) is 12.1 Å². The van der Waals surface area contributed by atoms with E-state index >= 15 is 0 Å². The Morgan fingerprint density at radius 1 is 1.12 bits per heavy atom. The van der Waals surface area contributed by atoms with E-state index in [1.54, 1.807) is 12.1 Å². The van der Waals surface area contributed by atoms with E-state index in [4.69, 9.17) is 23.2 Å². The van der Waals surface area contributed by atoms with Gasteiger partial charge in [0.05, 0.1) is 6.10 Å². The molecular weight excluding hydrogens is 247 g/mol. The number of pyridine rings is 1. The molecule has 0 radical (unpaired) electrons. The van der Waals surface area contributed by atoms with Crippen LogP contribution in [0.25, 0.3) is 0 Å². The lowest BCUT2D eigenvalue weighted by Crippen LogP contribution is -2.28. The molecule has 0 unspecified atom stereocenters. The van der Waals surface area contributed by atoms with Gasteiger partial charge in [0.15, 0.2) is 0 Å². The van der Waals surface area contributed by atoms with Crippen LogP contribution in [-0.4, -0.2) is 22.2 Å². The molecule has 1 aromatic heterocycles. The zero-order chi connectivity index (χ0) is 11.5. The summed E-state index contributed by atoms with van der Waals surface area (Å²) in [5, 5.41) is 13.6. The normalized spacial score (nSPS) is 25.4. The quantitative estimate of drug-likeness (QED) is 0.804. The van der Waals surface area contributed by atoms with Crippen molar-refractivity contribution < 1.29 is 5.11 Å². The van der Waals surface area contributed by atoms with Gasteiger partial charge in [-0.1, -0.05) is 23.2 Å². The van der Waals surface area contributed by atoms with E-state index in [9.17, 15) is 5.11 Å². The summed E-state index contributed by atoms with van der Waals surface area (Å²) >= 11 is 11.6. The van der Waals surface area contributed by atoms with Crippen LogP contribution in [0.2, 0.25) is 10.3 Å². The van der Waals surface area contributed by atoms with E-state index in [0.29, 0.717) is 16.3 Å². The third-order valence-corrected chi connectivity index (χ3v) is 3.22. The van der Waals surface area contributed by atoms with E-state index in [-0.39, 0.29) is 6.10 Å². The molecule has 0 saturated heterocycles. The predicted octanol–water partition coefficient (Wildman–Crippen LogP) is 3.10. The largest absolute Gasteiger partial charge is 0.393 e. The second-order valence-electron chi connectivity index (χ2n) is 4.15. The second-order valence-corrected chi connectivity index (χ2v) is 4.93. The number of halogens is 2. The zero-order valence-electron chi connectivity index (χ0n) is 8.79. The maximum absolute atomic E-state index is 9.40. The summed E-state index contributed by atoms with van der Waals surface area (Å²) in [6, 6.07) is 3.91. The smallest absolute Gasteiger partial charge is 0.132 e. The van der Waals surface area contributed by atoms with Gasteiger partial charge < -0.3 is 10.4 Å². The Kier molecular flexibility index (Phi) is 3.90. The van der Waals surface area contributed by atoms with Crippen molar-refractivity contribution in [1.82, 2.24) is 4.98 Å². The fourth-order valence-corrected chi connectivity index (χ4v) is 2.46. The van der Waals surface area contributed by atoms with Crippen molar-refractivity contribution in [2.24, 2.45) is 0 Å². The zero-order valence-corrected chi connectivity index (χ0v) is 10.3. The van der Waals surface area contributed by atoms with Crippen molar-refractivity contribution >= 4 is 28.9 Å². The third kappa shape index (κ3) is 3.24. The third-order valence-electron chi connectivity index (χ3n) is 2.83. The Balaban J connectivity index is 1.98. The number of nitrogens with one attached hydrogen (secondary N) is 1. The Bertz CT molecular complexity index is 345. The van der Waals surface area contributed by atoms with Crippen LogP contribution in [0.4, 0.5) is 5.69 Å². The van der Waals surface area contributed by atoms with Crippen LogP contribution in [-0.2, 0) is 0 Å². The summed E-state index contributed by atoms with van der Waals surface area (Å²) in [6.07, 6.45) is 3.51. The minimum Gasteiger partial charge on any atom is -0.393 e. The molecule has 3 nitrogen and oxygen atoms in total. The average Bonchev–Trinajstić information content (AvgIpc) is 2.20. The molecule has 88 valence electrons. The maximum atomic E-state index is 9.40. The predicted molar refractivity (Wildman–Crippen MR) is 66.1 cm³/mol. The van der Waals surface area contributed by atoms with Crippen LogP contribution in [0.1, 0.15) is 25.7 Å². The van der Waals surface area contributed by atoms with Gasteiger partial charge in [0.1, 0.15) is 10.3 Å². The van der Waals surface area contributed by atoms with Crippen LogP contribution >= 0.6 is 23.2 Å². The lowest BCUT2D eigenvalue weighted by molar-refractivity contribution is 0.126. The Morgan fingerprint density at radius 2 is 1.69 bits per heavy atom. The average molecular weight is 261 g/mol. The fraction of sp³-hybridized carbons (Fsp3) is 0.545. The van der Waals surface area contributed by atoms with Gasteiger partial charge in [-0.15, -0.1) is 0 Å². The number of aliphatic hydroxyl groups is 1. The number of aliphatic hydroxyl groups excluding tert-OH is 1. The summed E-state index contributed by atoms with van der Waals surface area (Å²) in [5.41, 5.74) is 0.895. The highest BCUT2D eigenvalue weighted by molar-refractivity contribution is 6.32.